The number of hydrogen-bond acceptors (Lipinski definition) is 6. The Balaban J connectivity index is 1.57. The second kappa shape index (κ2) is 12.1. The lowest BCUT2D eigenvalue weighted by molar-refractivity contribution is 0.0930. The van der Waals surface area contributed by atoms with E-state index in [9.17, 15) is 4.79 Å². The van der Waals surface area contributed by atoms with E-state index in [1.807, 2.05) is 29.8 Å². The summed E-state index contributed by atoms with van der Waals surface area (Å²) in [4.78, 5) is 13.4. The van der Waals surface area contributed by atoms with Crippen molar-refractivity contribution >= 4 is 17.7 Å². The molecule has 0 bridgehead atoms. The van der Waals surface area contributed by atoms with Crippen LogP contribution < -0.4 is 14.8 Å². The maximum absolute atomic E-state index is 13.4. The predicted molar refractivity (Wildman–Crippen MR) is 138 cm³/mol. The molecular formula is C27H34N4O3S. The first-order valence-corrected chi connectivity index (χ1v) is 13.2. The summed E-state index contributed by atoms with van der Waals surface area (Å²) >= 11 is 1.76. The van der Waals surface area contributed by atoms with Crippen LogP contribution in [-0.4, -0.2) is 40.6 Å². The van der Waals surface area contributed by atoms with Gasteiger partial charge in [0.15, 0.2) is 22.5 Å². The first-order chi connectivity index (χ1) is 17.1. The monoisotopic (exact) mass is 494 g/mol. The summed E-state index contributed by atoms with van der Waals surface area (Å²) in [5.74, 6) is 3.21. The van der Waals surface area contributed by atoms with Gasteiger partial charge in [0.2, 0.25) is 0 Å². The van der Waals surface area contributed by atoms with Gasteiger partial charge in [-0.05, 0) is 42.9 Å². The lowest BCUT2D eigenvalue weighted by Gasteiger charge is -2.21. The van der Waals surface area contributed by atoms with Crippen molar-refractivity contribution in [1.82, 2.24) is 20.1 Å². The minimum absolute atomic E-state index is 0.249. The zero-order valence-corrected chi connectivity index (χ0v) is 21.5. The summed E-state index contributed by atoms with van der Waals surface area (Å²) in [5, 5.41) is 13.1. The number of hydrogen-bond donors (Lipinski definition) is 1. The van der Waals surface area contributed by atoms with Crippen LogP contribution in [0.25, 0.3) is 0 Å². The van der Waals surface area contributed by atoms with E-state index in [-0.39, 0.29) is 11.9 Å². The van der Waals surface area contributed by atoms with E-state index in [0.717, 1.165) is 28.2 Å². The van der Waals surface area contributed by atoms with Gasteiger partial charge in [0.25, 0.3) is 5.91 Å². The number of para-hydroxylation sites is 1. The molecule has 35 heavy (non-hydrogen) atoms. The van der Waals surface area contributed by atoms with Gasteiger partial charge in [-0.15, -0.1) is 10.2 Å². The fourth-order valence-corrected chi connectivity index (χ4v) is 5.76. The molecule has 1 aliphatic rings. The molecule has 1 unspecified atom stereocenters. The van der Waals surface area contributed by atoms with Crippen LogP contribution in [0.3, 0.4) is 0 Å². The van der Waals surface area contributed by atoms with Crippen LogP contribution in [0, 0.1) is 5.92 Å². The molecule has 1 saturated carbocycles. The first kappa shape index (κ1) is 25.1. The Morgan fingerprint density at radius 1 is 1.06 bits per heavy atom. The zero-order valence-electron chi connectivity index (χ0n) is 20.7. The first-order valence-electron chi connectivity index (χ1n) is 12.2. The number of carbonyl (C=O) groups is 1. The van der Waals surface area contributed by atoms with Crippen molar-refractivity contribution in [2.45, 2.75) is 49.7 Å². The van der Waals surface area contributed by atoms with E-state index in [1.165, 1.54) is 39.2 Å². The molecule has 0 saturated heterocycles. The lowest BCUT2D eigenvalue weighted by Crippen LogP contribution is -2.32. The number of amides is 1. The Morgan fingerprint density at radius 3 is 2.54 bits per heavy atom. The zero-order chi connectivity index (χ0) is 24.6. The fourth-order valence-electron chi connectivity index (χ4n) is 4.66. The highest BCUT2D eigenvalue weighted by Gasteiger charge is 2.25. The number of thioether (sulfide) groups is 1. The van der Waals surface area contributed by atoms with E-state index < -0.39 is 0 Å². The maximum Gasteiger partial charge on any atom is 0.255 e. The minimum atomic E-state index is -0.359. The molecule has 0 spiro atoms. The van der Waals surface area contributed by atoms with Gasteiger partial charge >= 0.3 is 0 Å². The van der Waals surface area contributed by atoms with E-state index in [4.69, 9.17) is 9.47 Å². The molecule has 2 aromatic carbocycles. The molecule has 1 N–H and O–H groups in total. The number of methoxy groups -OCH3 is 2. The third kappa shape index (κ3) is 6.17. The Labute approximate surface area is 211 Å². The van der Waals surface area contributed by atoms with Crippen molar-refractivity contribution in [3.8, 4) is 11.5 Å². The molecule has 3 aromatic rings. The maximum atomic E-state index is 13.4. The largest absolute Gasteiger partial charge is 0.493 e. The molecule has 7 nitrogen and oxygen atoms in total. The second-order valence-corrected chi connectivity index (χ2v) is 9.96. The number of nitrogens with one attached hydrogen (secondary N) is 1. The van der Waals surface area contributed by atoms with Crippen LogP contribution in [0.2, 0.25) is 0 Å². The highest BCUT2D eigenvalue weighted by molar-refractivity contribution is 7.99. The summed E-state index contributed by atoms with van der Waals surface area (Å²) < 4.78 is 12.9. The molecule has 0 radical (unpaired) electrons. The highest BCUT2D eigenvalue weighted by atomic mass is 32.2. The second-order valence-electron chi connectivity index (χ2n) is 8.97. The van der Waals surface area contributed by atoms with Crippen molar-refractivity contribution in [2.75, 3.05) is 20.0 Å². The van der Waals surface area contributed by atoms with Crippen molar-refractivity contribution in [2.24, 2.45) is 13.0 Å². The molecule has 1 fully saturated rings. The summed E-state index contributed by atoms with van der Waals surface area (Å²) in [6, 6.07) is 15.0. The molecule has 1 heterocycles. The predicted octanol–water partition coefficient (Wildman–Crippen LogP) is 5.22. The summed E-state index contributed by atoms with van der Waals surface area (Å²) in [6.45, 7) is 0. The summed E-state index contributed by atoms with van der Waals surface area (Å²) in [7, 11) is 5.08. The Hall–Kier alpha value is -3.00. The number of nitrogens with zero attached hydrogens (tertiary/aromatic N) is 3. The number of benzene rings is 2. The van der Waals surface area contributed by atoms with E-state index >= 15 is 0 Å². The standard InChI is InChI=1S/C27H34N4O3S/c1-31-25(29-30-27(31)35-18-20-13-8-5-9-14-20)22(17-19-11-6-4-7-12-19)28-26(32)21-15-10-16-23(33-2)24(21)34-3/h4,6-7,10-12,15-16,20,22H,5,8-9,13-14,17-18H2,1-3H3,(H,28,32). The van der Waals surface area contributed by atoms with Crippen molar-refractivity contribution in [3.63, 3.8) is 0 Å². The van der Waals surface area contributed by atoms with E-state index in [2.05, 4.69) is 27.6 Å². The lowest BCUT2D eigenvalue weighted by atomic mass is 9.91. The van der Waals surface area contributed by atoms with Crippen LogP contribution in [0.1, 0.15) is 59.9 Å². The minimum Gasteiger partial charge on any atom is -0.493 e. The van der Waals surface area contributed by atoms with Crippen molar-refractivity contribution in [1.29, 1.82) is 0 Å². The smallest absolute Gasteiger partial charge is 0.255 e. The van der Waals surface area contributed by atoms with Gasteiger partial charge in [0.1, 0.15) is 0 Å². The molecule has 186 valence electrons. The summed E-state index contributed by atoms with van der Waals surface area (Å²) in [5.41, 5.74) is 1.52. The van der Waals surface area contributed by atoms with Gasteiger partial charge in [-0.25, -0.2) is 0 Å². The number of rotatable bonds is 10. The molecule has 0 aliphatic heterocycles. The Kier molecular flexibility index (Phi) is 8.69. The molecular weight excluding hydrogens is 460 g/mol. The SMILES string of the molecule is COc1cccc(C(=O)NC(Cc2ccccc2)c2nnc(SCC3CCCCC3)n2C)c1OC. The van der Waals surface area contributed by atoms with Gasteiger partial charge in [0, 0.05) is 12.8 Å². The fraction of sp³-hybridized carbons (Fsp3) is 0.444. The topological polar surface area (TPSA) is 78.3 Å². The van der Waals surface area contributed by atoms with Crippen LogP contribution in [0.5, 0.6) is 11.5 Å². The van der Waals surface area contributed by atoms with Crippen molar-refractivity contribution < 1.29 is 14.3 Å². The Morgan fingerprint density at radius 2 is 1.83 bits per heavy atom. The number of ether oxygens (including phenoxy) is 2. The average Bonchev–Trinajstić information content (AvgIpc) is 3.27. The average molecular weight is 495 g/mol. The van der Waals surface area contributed by atoms with Crippen LogP contribution in [0.15, 0.2) is 53.7 Å². The normalized spacial score (nSPS) is 14.9. The van der Waals surface area contributed by atoms with Gasteiger partial charge in [0.05, 0.1) is 25.8 Å². The number of carbonyl (C=O) groups excluding carboxylic acids is 1. The van der Waals surface area contributed by atoms with Crippen molar-refractivity contribution in [3.05, 3.63) is 65.5 Å². The molecule has 8 heteroatoms. The quantitative estimate of drug-likeness (QED) is 0.390. The molecule has 1 atom stereocenters. The molecule has 1 aromatic heterocycles. The van der Waals surface area contributed by atoms with Gasteiger partial charge in [-0.3, -0.25) is 4.79 Å². The van der Waals surface area contributed by atoms with E-state index in [0.29, 0.717) is 23.5 Å². The van der Waals surface area contributed by atoms with Crippen LogP contribution in [0.4, 0.5) is 0 Å². The third-order valence-electron chi connectivity index (χ3n) is 6.59. The third-order valence-corrected chi connectivity index (χ3v) is 7.84. The van der Waals surface area contributed by atoms with Gasteiger partial charge in [-0.2, -0.15) is 0 Å². The molecule has 1 aliphatic carbocycles. The van der Waals surface area contributed by atoms with Gasteiger partial charge < -0.3 is 19.4 Å². The molecule has 1 amide bonds. The van der Waals surface area contributed by atoms with Crippen LogP contribution in [-0.2, 0) is 13.5 Å². The number of aromatic nitrogens is 3. The summed E-state index contributed by atoms with van der Waals surface area (Å²) in [6.07, 6.45) is 7.20. The van der Waals surface area contributed by atoms with Gasteiger partial charge in [-0.1, -0.05) is 67.4 Å². The molecule has 4 rings (SSSR count). The van der Waals surface area contributed by atoms with E-state index in [1.54, 1.807) is 37.1 Å². The highest BCUT2D eigenvalue weighted by Crippen LogP contribution is 2.32. The Bertz CT molecular complexity index is 1110. The van der Waals surface area contributed by atoms with Crippen LogP contribution >= 0.6 is 11.8 Å².